The summed E-state index contributed by atoms with van der Waals surface area (Å²) in [6.45, 7) is 1.67. The third kappa shape index (κ3) is 3.16. The Morgan fingerprint density at radius 2 is 1.56 bits per heavy atom. The second-order valence-corrected chi connectivity index (χ2v) is 6.51. The van der Waals surface area contributed by atoms with Crippen LogP contribution in [0.1, 0.15) is 35.6 Å². The molecular formula is C22H17F2NO2. The molecule has 27 heavy (non-hydrogen) atoms. The van der Waals surface area contributed by atoms with E-state index < -0.39 is 23.6 Å². The van der Waals surface area contributed by atoms with Gasteiger partial charge in [-0.05, 0) is 25.1 Å². The predicted molar refractivity (Wildman–Crippen MR) is 97.7 cm³/mol. The molecular weight excluding hydrogens is 348 g/mol. The van der Waals surface area contributed by atoms with E-state index >= 15 is 0 Å². The van der Waals surface area contributed by atoms with E-state index in [1.807, 2.05) is 48.5 Å². The van der Waals surface area contributed by atoms with Crippen LogP contribution in [-0.4, -0.2) is 5.91 Å². The molecule has 0 radical (unpaired) electrons. The van der Waals surface area contributed by atoms with Crippen molar-refractivity contribution in [2.75, 3.05) is 0 Å². The van der Waals surface area contributed by atoms with E-state index in [1.54, 1.807) is 6.92 Å². The highest BCUT2D eigenvalue weighted by Gasteiger charge is 2.33. The Bertz CT molecular complexity index is 973. The Kier molecular flexibility index (Phi) is 4.36. The van der Waals surface area contributed by atoms with Gasteiger partial charge >= 0.3 is 0 Å². The summed E-state index contributed by atoms with van der Waals surface area (Å²) in [4.78, 5) is 13.1. The molecule has 1 aliphatic heterocycles. The van der Waals surface area contributed by atoms with Crippen molar-refractivity contribution >= 4 is 5.91 Å². The van der Waals surface area contributed by atoms with Crippen molar-refractivity contribution in [3.05, 3.63) is 95.1 Å². The summed E-state index contributed by atoms with van der Waals surface area (Å²) in [6.07, 6.45) is 0. The fourth-order valence-electron chi connectivity index (χ4n) is 3.42. The molecule has 0 saturated heterocycles. The quantitative estimate of drug-likeness (QED) is 0.703. The number of fused-ring (bicyclic) bond motifs is 2. The summed E-state index contributed by atoms with van der Waals surface area (Å²) in [5.74, 6) is -0.932. The van der Waals surface area contributed by atoms with E-state index in [2.05, 4.69) is 5.32 Å². The van der Waals surface area contributed by atoms with Crippen LogP contribution < -0.4 is 10.1 Å². The molecule has 0 bridgehead atoms. The Morgan fingerprint density at radius 1 is 0.963 bits per heavy atom. The number of ether oxygens (including phenoxy) is 1. The van der Waals surface area contributed by atoms with Crippen molar-refractivity contribution in [1.82, 2.24) is 5.32 Å². The van der Waals surface area contributed by atoms with E-state index in [-0.39, 0.29) is 11.5 Å². The first-order chi connectivity index (χ1) is 13.0. The maximum absolute atomic E-state index is 14.1. The molecule has 3 aromatic carbocycles. The topological polar surface area (TPSA) is 38.3 Å². The van der Waals surface area contributed by atoms with Crippen LogP contribution >= 0.6 is 0 Å². The number of nitrogens with one attached hydrogen (secondary N) is 1. The zero-order valence-electron chi connectivity index (χ0n) is 14.6. The van der Waals surface area contributed by atoms with Crippen LogP contribution in [0, 0.1) is 11.6 Å². The summed E-state index contributed by atoms with van der Waals surface area (Å²) in [7, 11) is 0. The number of para-hydroxylation sites is 2. The van der Waals surface area contributed by atoms with Gasteiger partial charge in [0.05, 0.1) is 12.0 Å². The second-order valence-electron chi connectivity index (χ2n) is 6.51. The third-order valence-electron chi connectivity index (χ3n) is 4.73. The normalized spacial score (nSPS) is 13.9. The number of halogens is 2. The molecule has 3 aromatic rings. The van der Waals surface area contributed by atoms with Gasteiger partial charge in [-0.15, -0.1) is 0 Å². The van der Waals surface area contributed by atoms with Crippen molar-refractivity contribution in [2.24, 2.45) is 0 Å². The highest BCUT2D eigenvalue weighted by molar-refractivity contribution is 5.89. The number of rotatable bonds is 3. The average Bonchev–Trinajstić information content (AvgIpc) is 2.65. The largest absolute Gasteiger partial charge is 0.457 e. The molecule has 1 heterocycles. The third-order valence-corrected chi connectivity index (χ3v) is 4.73. The molecule has 1 aliphatic rings. The van der Waals surface area contributed by atoms with Crippen LogP contribution in [0.3, 0.4) is 0 Å². The van der Waals surface area contributed by atoms with Gasteiger partial charge in [-0.25, -0.2) is 8.78 Å². The Balaban J connectivity index is 1.67. The van der Waals surface area contributed by atoms with Crippen molar-refractivity contribution in [3.8, 4) is 11.5 Å². The van der Waals surface area contributed by atoms with E-state index in [0.29, 0.717) is 11.5 Å². The summed E-state index contributed by atoms with van der Waals surface area (Å²) >= 11 is 0. The molecule has 1 amide bonds. The molecule has 4 rings (SSSR count). The minimum Gasteiger partial charge on any atom is -0.457 e. The number of benzene rings is 3. The van der Waals surface area contributed by atoms with Gasteiger partial charge in [0, 0.05) is 22.8 Å². The first kappa shape index (κ1) is 17.2. The molecule has 0 saturated carbocycles. The first-order valence-electron chi connectivity index (χ1n) is 8.65. The van der Waals surface area contributed by atoms with Gasteiger partial charge in [-0.1, -0.05) is 42.5 Å². The molecule has 1 N–H and O–H groups in total. The molecule has 1 atom stereocenters. The van der Waals surface area contributed by atoms with Gasteiger partial charge in [0.25, 0.3) is 0 Å². The Hall–Kier alpha value is -3.21. The Morgan fingerprint density at radius 3 is 2.15 bits per heavy atom. The number of carbonyl (C=O) groups excluding carboxylic acids is 1. The second kappa shape index (κ2) is 6.83. The molecule has 136 valence electrons. The van der Waals surface area contributed by atoms with Crippen LogP contribution in [0.2, 0.25) is 0 Å². The lowest BCUT2D eigenvalue weighted by Crippen LogP contribution is -2.33. The van der Waals surface area contributed by atoms with Gasteiger partial charge < -0.3 is 10.1 Å². The number of carbonyl (C=O) groups is 1. The highest BCUT2D eigenvalue weighted by Crippen LogP contribution is 2.44. The maximum Gasteiger partial charge on any atom is 0.232 e. The number of amides is 1. The first-order valence-corrected chi connectivity index (χ1v) is 8.65. The summed E-state index contributed by atoms with van der Waals surface area (Å²) in [5, 5.41) is 2.85. The van der Waals surface area contributed by atoms with Crippen LogP contribution in [0.25, 0.3) is 0 Å². The summed E-state index contributed by atoms with van der Waals surface area (Å²) in [6, 6.07) is 17.4. The molecule has 0 aromatic heterocycles. The van der Waals surface area contributed by atoms with Gasteiger partial charge in [-0.3, -0.25) is 4.79 Å². The van der Waals surface area contributed by atoms with E-state index in [0.717, 1.165) is 17.2 Å². The van der Waals surface area contributed by atoms with E-state index in [4.69, 9.17) is 4.74 Å². The molecule has 0 fully saturated rings. The standard InChI is InChI=1S/C22H17F2NO2/c1-13(15-11-10-14(23)12-18(15)24)25-22(26)21-16-6-2-4-8-19(16)27-20-9-5-3-7-17(20)21/h2-13,21H,1H3,(H,25,26)/t13-/m1/s1. The van der Waals surface area contributed by atoms with Crippen LogP contribution in [0.4, 0.5) is 8.78 Å². The average molecular weight is 365 g/mol. The molecule has 3 nitrogen and oxygen atoms in total. The summed E-state index contributed by atoms with van der Waals surface area (Å²) in [5.41, 5.74) is 1.74. The highest BCUT2D eigenvalue weighted by atomic mass is 19.1. The number of hydrogen-bond donors (Lipinski definition) is 1. The monoisotopic (exact) mass is 365 g/mol. The van der Waals surface area contributed by atoms with Crippen LogP contribution in [0.5, 0.6) is 11.5 Å². The molecule has 0 unspecified atom stereocenters. The SMILES string of the molecule is C[C@@H](NC(=O)C1c2ccccc2Oc2ccccc21)c1ccc(F)cc1F. The van der Waals surface area contributed by atoms with E-state index in [1.165, 1.54) is 12.1 Å². The minimum atomic E-state index is -0.685. The zero-order valence-corrected chi connectivity index (χ0v) is 14.6. The summed E-state index contributed by atoms with van der Waals surface area (Å²) < 4.78 is 33.1. The van der Waals surface area contributed by atoms with Crippen molar-refractivity contribution in [3.63, 3.8) is 0 Å². The smallest absolute Gasteiger partial charge is 0.232 e. The fourth-order valence-corrected chi connectivity index (χ4v) is 3.42. The lowest BCUT2D eigenvalue weighted by molar-refractivity contribution is -0.122. The minimum absolute atomic E-state index is 0.235. The molecule has 0 aliphatic carbocycles. The lowest BCUT2D eigenvalue weighted by atomic mass is 9.87. The van der Waals surface area contributed by atoms with E-state index in [9.17, 15) is 13.6 Å². The van der Waals surface area contributed by atoms with Crippen LogP contribution in [-0.2, 0) is 4.79 Å². The predicted octanol–water partition coefficient (Wildman–Crippen LogP) is 5.08. The fraction of sp³-hybridized carbons (Fsp3) is 0.136. The molecule has 5 heteroatoms. The molecule has 0 spiro atoms. The lowest BCUT2D eigenvalue weighted by Gasteiger charge is -2.28. The van der Waals surface area contributed by atoms with Gasteiger partial charge in [0.15, 0.2) is 0 Å². The van der Waals surface area contributed by atoms with Crippen molar-refractivity contribution in [2.45, 2.75) is 18.9 Å². The Labute approximate surface area is 155 Å². The van der Waals surface area contributed by atoms with Crippen LogP contribution in [0.15, 0.2) is 66.7 Å². The zero-order chi connectivity index (χ0) is 19.0. The van der Waals surface area contributed by atoms with Crippen molar-refractivity contribution in [1.29, 1.82) is 0 Å². The van der Waals surface area contributed by atoms with Gasteiger partial charge in [0.1, 0.15) is 23.1 Å². The maximum atomic E-state index is 14.1. The van der Waals surface area contributed by atoms with Gasteiger partial charge in [-0.2, -0.15) is 0 Å². The van der Waals surface area contributed by atoms with Gasteiger partial charge in [0.2, 0.25) is 5.91 Å². The number of hydrogen-bond acceptors (Lipinski definition) is 2. The van der Waals surface area contributed by atoms with Crippen molar-refractivity contribution < 1.29 is 18.3 Å².